The van der Waals surface area contributed by atoms with Gasteiger partial charge in [0, 0.05) is 5.56 Å². The molecule has 0 spiro atoms. The fraction of sp³-hybridized carbons (Fsp3) is 0.500. The van der Waals surface area contributed by atoms with E-state index < -0.39 is 5.79 Å². The molecule has 1 aliphatic rings. The van der Waals surface area contributed by atoms with Crippen LogP contribution in [0.4, 0.5) is 0 Å². The maximum absolute atomic E-state index is 5.72. The van der Waals surface area contributed by atoms with Gasteiger partial charge < -0.3 is 15.2 Å². The van der Waals surface area contributed by atoms with E-state index >= 15 is 0 Å². The summed E-state index contributed by atoms with van der Waals surface area (Å²) in [5.41, 5.74) is 7.98. The lowest BCUT2D eigenvalue weighted by molar-refractivity contribution is -0.270. The zero-order chi connectivity index (χ0) is 10.9. The summed E-state index contributed by atoms with van der Waals surface area (Å²) in [7, 11) is 0. The van der Waals surface area contributed by atoms with Gasteiger partial charge in [-0.3, -0.25) is 0 Å². The van der Waals surface area contributed by atoms with Crippen molar-refractivity contribution in [3.8, 4) is 0 Å². The second-order valence-corrected chi connectivity index (χ2v) is 4.14. The summed E-state index contributed by atoms with van der Waals surface area (Å²) in [5, 5.41) is 0. The SMILES string of the molecule is Cc1ccccc1C1(C)OCC(N)CO1. The number of ether oxygens (including phenoxy) is 2. The normalized spacial score (nSPS) is 31.5. The van der Waals surface area contributed by atoms with Crippen LogP contribution in [0.2, 0.25) is 0 Å². The van der Waals surface area contributed by atoms with Gasteiger partial charge in [-0.2, -0.15) is 0 Å². The van der Waals surface area contributed by atoms with Crippen LogP contribution in [0.3, 0.4) is 0 Å². The largest absolute Gasteiger partial charge is 0.344 e. The molecule has 2 rings (SSSR count). The van der Waals surface area contributed by atoms with Crippen LogP contribution in [0, 0.1) is 6.92 Å². The Morgan fingerprint density at radius 3 is 2.47 bits per heavy atom. The molecule has 0 saturated carbocycles. The molecule has 0 amide bonds. The van der Waals surface area contributed by atoms with Crippen molar-refractivity contribution in [3.05, 3.63) is 35.4 Å². The number of hydrogen-bond donors (Lipinski definition) is 1. The van der Waals surface area contributed by atoms with Gasteiger partial charge in [0.05, 0.1) is 19.3 Å². The van der Waals surface area contributed by atoms with Gasteiger partial charge in [0.2, 0.25) is 0 Å². The van der Waals surface area contributed by atoms with Crippen LogP contribution in [0.1, 0.15) is 18.1 Å². The molecule has 0 unspecified atom stereocenters. The topological polar surface area (TPSA) is 44.5 Å². The Bertz CT molecular complexity index is 343. The molecule has 1 saturated heterocycles. The van der Waals surface area contributed by atoms with Crippen LogP contribution in [0.15, 0.2) is 24.3 Å². The van der Waals surface area contributed by atoms with E-state index in [2.05, 4.69) is 13.0 Å². The lowest BCUT2D eigenvalue weighted by Gasteiger charge is -2.37. The zero-order valence-electron chi connectivity index (χ0n) is 9.19. The molecular formula is C12H17NO2. The third-order valence-corrected chi connectivity index (χ3v) is 2.78. The molecule has 0 atom stereocenters. The van der Waals surface area contributed by atoms with Crippen molar-refractivity contribution in [1.82, 2.24) is 0 Å². The molecule has 0 bridgehead atoms. The molecule has 15 heavy (non-hydrogen) atoms. The highest BCUT2D eigenvalue weighted by Gasteiger charge is 2.34. The molecular weight excluding hydrogens is 190 g/mol. The lowest BCUT2D eigenvalue weighted by atomic mass is 10.0. The van der Waals surface area contributed by atoms with E-state index in [-0.39, 0.29) is 6.04 Å². The highest BCUT2D eigenvalue weighted by Crippen LogP contribution is 2.31. The molecule has 1 aromatic rings. The van der Waals surface area contributed by atoms with Crippen LogP contribution in [0.5, 0.6) is 0 Å². The van der Waals surface area contributed by atoms with Crippen LogP contribution in [-0.4, -0.2) is 19.3 Å². The summed E-state index contributed by atoms with van der Waals surface area (Å²) in [6.45, 7) is 5.10. The Labute approximate surface area is 90.2 Å². The highest BCUT2D eigenvalue weighted by atomic mass is 16.7. The molecule has 1 heterocycles. The molecule has 0 aliphatic carbocycles. The number of benzene rings is 1. The summed E-state index contributed by atoms with van der Waals surface area (Å²) in [4.78, 5) is 0. The van der Waals surface area contributed by atoms with Gasteiger partial charge >= 0.3 is 0 Å². The Hall–Kier alpha value is -0.900. The lowest BCUT2D eigenvalue weighted by Crippen LogP contribution is -2.46. The Morgan fingerprint density at radius 1 is 1.27 bits per heavy atom. The second-order valence-electron chi connectivity index (χ2n) is 4.14. The summed E-state index contributed by atoms with van der Waals surface area (Å²) in [6.07, 6.45) is 0. The standard InChI is InChI=1S/C12H17NO2/c1-9-5-3-4-6-11(9)12(2)14-7-10(13)8-15-12/h3-6,10H,7-8,13H2,1-2H3. The first-order valence-corrected chi connectivity index (χ1v) is 5.21. The molecule has 2 N–H and O–H groups in total. The van der Waals surface area contributed by atoms with Crippen LogP contribution < -0.4 is 5.73 Å². The maximum atomic E-state index is 5.72. The first-order chi connectivity index (χ1) is 7.12. The minimum atomic E-state index is -0.638. The predicted molar refractivity (Wildman–Crippen MR) is 58.4 cm³/mol. The van der Waals surface area contributed by atoms with Crippen molar-refractivity contribution >= 4 is 0 Å². The van der Waals surface area contributed by atoms with Crippen molar-refractivity contribution in [3.63, 3.8) is 0 Å². The van der Waals surface area contributed by atoms with Crippen LogP contribution >= 0.6 is 0 Å². The first kappa shape index (κ1) is 10.6. The summed E-state index contributed by atoms with van der Waals surface area (Å²) in [6, 6.07) is 8.08. The van der Waals surface area contributed by atoms with Gasteiger partial charge in [-0.1, -0.05) is 24.3 Å². The molecule has 1 aliphatic heterocycles. The van der Waals surface area contributed by atoms with Gasteiger partial charge in [-0.25, -0.2) is 0 Å². The maximum Gasteiger partial charge on any atom is 0.192 e. The fourth-order valence-corrected chi connectivity index (χ4v) is 1.86. The van der Waals surface area contributed by atoms with Gasteiger partial charge in [-0.15, -0.1) is 0 Å². The molecule has 3 nitrogen and oxygen atoms in total. The number of rotatable bonds is 1. The Balaban J connectivity index is 2.26. The van der Waals surface area contributed by atoms with E-state index in [4.69, 9.17) is 15.2 Å². The van der Waals surface area contributed by atoms with E-state index in [0.29, 0.717) is 13.2 Å². The quantitative estimate of drug-likeness (QED) is 0.759. The number of hydrogen-bond acceptors (Lipinski definition) is 3. The average Bonchev–Trinajstić information content (AvgIpc) is 2.23. The van der Waals surface area contributed by atoms with E-state index in [1.807, 2.05) is 25.1 Å². The smallest absolute Gasteiger partial charge is 0.192 e. The van der Waals surface area contributed by atoms with Crippen molar-refractivity contribution < 1.29 is 9.47 Å². The van der Waals surface area contributed by atoms with Gasteiger partial charge in [0.1, 0.15) is 0 Å². The van der Waals surface area contributed by atoms with E-state index in [1.54, 1.807) is 0 Å². The molecule has 1 aromatic carbocycles. The Morgan fingerprint density at radius 2 is 1.87 bits per heavy atom. The van der Waals surface area contributed by atoms with E-state index in [0.717, 1.165) is 5.56 Å². The number of aryl methyl sites for hydroxylation is 1. The highest BCUT2D eigenvalue weighted by molar-refractivity contribution is 5.29. The third kappa shape index (κ3) is 2.04. The minimum Gasteiger partial charge on any atom is -0.344 e. The number of nitrogens with two attached hydrogens (primary N) is 1. The van der Waals surface area contributed by atoms with Gasteiger partial charge in [0.25, 0.3) is 0 Å². The average molecular weight is 207 g/mol. The monoisotopic (exact) mass is 207 g/mol. The van der Waals surface area contributed by atoms with Crippen LogP contribution in [0.25, 0.3) is 0 Å². The van der Waals surface area contributed by atoms with Crippen molar-refractivity contribution in [2.45, 2.75) is 25.7 Å². The minimum absolute atomic E-state index is 0.0120. The van der Waals surface area contributed by atoms with Crippen molar-refractivity contribution in [2.24, 2.45) is 5.73 Å². The first-order valence-electron chi connectivity index (χ1n) is 5.21. The van der Waals surface area contributed by atoms with Crippen LogP contribution in [-0.2, 0) is 15.3 Å². The molecule has 1 fully saturated rings. The molecule has 82 valence electrons. The van der Waals surface area contributed by atoms with Crippen molar-refractivity contribution in [2.75, 3.05) is 13.2 Å². The summed E-state index contributed by atoms with van der Waals surface area (Å²) >= 11 is 0. The molecule has 0 aromatic heterocycles. The summed E-state index contributed by atoms with van der Waals surface area (Å²) < 4.78 is 11.4. The van der Waals surface area contributed by atoms with E-state index in [1.165, 1.54) is 5.56 Å². The van der Waals surface area contributed by atoms with E-state index in [9.17, 15) is 0 Å². The predicted octanol–water partition coefficient (Wildman–Crippen LogP) is 1.54. The Kier molecular flexibility index (Phi) is 2.78. The second kappa shape index (κ2) is 3.93. The zero-order valence-corrected chi connectivity index (χ0v) is 9.19. The fourth-order valence-electron chi connectivity index (χ4n) is 1.86. The summed E-state index contributed by atoms with van der Waals surface area (Å²) in [5.74, 6) is -0.638. The van der Waals surface area contributed by atoms with Crippen molar-refractivity contribution in [1.29, 1.82) is 0 Å². The molecule has 3 heteroatoms. The van der Waals surface area contributed by atoms with Gasteiger partial charge in [0.15, 0.2) is 5.79 Å². The van der Waals surface area contributed by atoms with Gasteiger partial charge in [-0.05, 0) is 19.4 Å². The third-order valence-electron chi connectivity index (χ3n) is 2.78. The molecule has 0 radical (unpaired) electrons.